The van der Waals surface area contributed by atoms with Crippen LogP contribution in [0.5, 0.6) is 5.75 Å². The highest BCUT2D eigenvalue weighted by atomic mass is 16.5. The molecule has 1 fully saturated rings. The van der Waals surface area contributed by atoms with Crippen LogP contribution in [0.1, 0.15) is 17.3 Å². The SMILES string of the molecule is Cc1nc(CN2CCN(C(=O)[C@H]3COc4ccccc4C3)CC2)no1. The molecule has 0 radical (unpaired) electrons. The summed E-state index contributed by atoms with van der Waals surface area (Å²) in [6.45, 7) is 6.03. The van der Waals surface area contributed by atoms with E-state index in [0.717, 1.165) is 43.9 Å². The molecule has 1 amide bonds. The molecule has 7 heteroatoms. The van der Waals surface area contributed by atoms with Gasteiger partial charge in [-0.15, -0.1) is 0 Å². The van der Waals surface area contributed by atoms with Crippen LogP contribution in [0.25, 0.3) is 0 Å². The van der Waals surface area contributed by atoms with Crippen LogP contribution in [0.15, 0.2) is 28.8 Å². The number of carbonyl (C=O) groups excluding carboxylic acids is 1. The molecular formula is C18H22N4O3. The predicted molar refractivity (Wildman–Crippen MR) is 90.0 cm³/mol. The summed E-state index contributed by atoms with van der Waals surface area (Å²) < 4.78 is 10.8. The Bertz CT molecular complexity index is 752. The summed E-state index contributed by atoms with van der Waals surface area (Å²) in [5.74, 6) is 2.31. The number of fused-ring (bicyclic) bond motifs is 1. The molecule has 2 aliphatic heterocycles. The molecule has 25 heavy (non-hydrogen) atoms. The van der Waals surface area contributed by atoms with E-state index >= 15 is 0 Å². The Balaban J connectivity index is 1.31. The Morgan fingerprint density at radius 2 is 2.04 bits per heavy atom. The maximum Gasteiger partial charge on any atom is 0.229 e. The number of hydrogen-bond acceptors (Lipinski definition) is 6. The first-order valence-electron chi connectivity index (χ1n) is 8.70. The van der Waals surface area contributed by atoms with Gasteiger partial charge in [0.25, 0.3) is 0 Å². The lowest BCUT2D eigenvalue weighted by atomic mass is 9.95. The minimum absolute atomic E-state index is 0.0821. The van der Waals surface area contributed by atoms with Crippen molar-refractivity contribution in [2.75, 3.05) is 32.8 Å². The normalized spacial score (nSPS) is 20.8. The van der Waals surface area contributed by atoms with Gasteiger partial charge in [-0.1, -0.05) is 23.4 Å². The molecule has 4 rings (SSSR count). The van der Waals surface area contributed by atoms with Crippen molar-refractivity contribution in [3.05, 3.63) is 41.5 Å². The Kier molecular flexibility index (Phi) is 4.40. The van der Waals surface area contributed by atoms with Crippen LogP contribution < -0.4 is 4.74 Å². The first kappa shape index (κ1) is 16.1. The molecule has 1 saturated heterocycles. The summed E-state index contributed by atoms with van der Waals surface area (Å²) in [6.07, 6.45) is 0.761. The number of rotatable bonds is 3. The summed E-state index contributed by atoms with van der Waals surface area (Å²) >= 11 is 0. The Hall–Kier alpha value is -2.41. The Morgan fingerprint density at radius 1 is 1.24 bits per heavy atom. The third kappa shape index (κ3) is 3.51. The van der Waals surface area contributed by atoms with Gasteiger partial charge in [0.2, 0.25) is 11.8 Å². The zero-order valence-electron chi connectivity index (χ0n) is 14.4. The van der Waals surface area contributed by atoms with Gasteiger partial charge in [0.1, 0.15) is 12.4 Å². The van der Waals surface area contributed by atoms with Crippen LogP contribution in [0, 0.1) is 12.8 Å². The summed E-state index contributed by atoms with van der Waals surface area (Å²) in [7, 11) is 0. The predicted octanol–water partition coefficient (Wildman–Crippen LogP) is 1.27. The molecule has 1 atom stereocenters. The van der Waals surface area contributed by atoms with Crippen LogP contribution in [0.3, 0.4) is 0 Å². The van der Waals surface area contributed by atoms with Gasteiger partial charge in [0, 0.05) is 33.1 Å². The molecule has 0 N–H and O–H groups in total. The van der Waals surface area contributed by atoms with Crippen molar-refractivity contribution < 1.29 is 14.1 Å². The maximum atomic E-state index is 12.8. The molecule has 2 aliphatic rings. The van der Waals surface area contributed by atoms with E-state index in [2.05, 4.69) is 15.0 Å². The van der Waals surface area contributed by atoms with E-state index in [-0.39, 0.29) is 11.8 Å². The van der Waals surface area contributed by atoms with Gasteiger partial charge in [-0.3, -0.25) is 9.69 Å². The molecule has 0 bridgehead atoms. The number of hydrogen-bond donors (Lipinski definition) is 0. The van der Waals surface area contributed by atoms with Crippen molar-refractivity contribution in [2.45, 2.75) is 19.9 Å². The van der Waals surface area contributed by atoms with Gasteiger partial charge in [0.05, 0.1) is 12.5 Å². The number of aromatic nitrogens is 2. The molecule has 2 aromatic rings. The van der Waals surface area contributed by atoms with E-state index in [9.17, 15) is 4.79 Å². The van der Waals surface area contributed by atoms with Crippen molar-refractivity contribution in [2.24, 2.45) is 5.92 Å². The largest absolute Gasteiger partial charge is 0.492 e. The van der Waals surface area contributed by atoms with Crippen molar-refractivity contribution in [1.29, 1.82) is 0 Å². The molecule has 0 aliphatic carbocycles. The summed E-state index contributed by atoms with van der Waals surface area (Å²) in [5, 5.41) is 3.93. The zero-order valence-corrected chi connectivity index (χ0v) is 14.4. The van der Waals surface area contributed by atoms with Crippen LogP contribution in [0.2, 0.25) is 0 Å². The zero-order chi connectivity index (χ0) is 17.2. The number of carbonyl (C=O) groups is 1. The average Bonchev–Trinajstić information content (AvgIpc) is 3.06. The van der Waals surface area contributed by atoms with Crippen LogP contribution in [-0.2, 0) is 17.8 Å². The second kappa shape index (κ2) is 6.84. The fourth-order valence-corrected chi connectivity index (χ4v) is 3.48. The van der Waals surface area contributed by atoms with Crippen molar-refractivity contribution in [1.82, 2.24) is 19.9 Å². The number of nitrogens with zero attached hydrogens (tertiary/aromatic N) is 4. The molecular weight excluding hydrogens is 320 g/mol. The summed E-state index contributed by atoms with van der Waals surface area (Å²) in [5.41, 5.74) is 1.12. The van der Waals surface area contributed by atoms with Crippen molar-refractivity contribution in [3.63, 3.8) is 0 Å². The minimum atomic E-state index is -0.0821. The lowest BCUT2D eigenvalue weighted by molar-refractivity contribution is -0.138. The van der Waals surface area contributed by atoms with Gasteiger partial charge in [0.15, 0.2) is 5.82 Å². The molecule has 1 aromatic carbocycles. The van der Waals surface area contributed by atoms with Crippen LogP contribution >= 0.6 is 0 Å². The molecule has 0 saturated carbocycles. The van der Waals surface area contributed by atoms with Crippen molar-refractivity contribution in [3.8, 4) is 5.75 Å². The number of piperazine rings is 1. The minimum Gasteiger partial charge on any atom is -0.492 e. The number of aryl methyl sites for hydroxylation is 1. The third-order valence-corrected chi connectivity index (χ3v) is 4.85. The maximum absolute atomic E-state index is 12.8. The number of benzene rings is 1. The second-order valence-electron chi connectivity index (χ2n) is 6.65. The standard InChI is InChI=1S/C18H22N4O3/c1-13-19-17(20-25-13)11-21-6-8-22(9-7-21)18(23)15-10-14-4-2-3-5-16(14)24-12-15/h2-5,15H,6-12H2,1H3/t15-/m1/s1. The molecule has 132 valence electrons. The Morgan fingerprint density at radius 3 is 2.80 bits per heavy atom. The first-order valence-corrected chi connectivity index (χ1v) is 8.70. The van der Waals surface area contributed by atoms with E-state index in [1.54, 1.807) is 6.92 Å². The van der Waals surface area contributed by atoms with Gasteiger partial charge < -0.3 is 14.2 Å². The number of para-hydroxylation sites is 1. The smallest absolute Gasteiger partial charge is 0.229 e. The van der Waals surface area contributed by atoms with E-state index in [0.29, 0.717) is 24.9 Å². The number of amides is 1. The van der Waals surface area contributed by atoms with Crippen LogP contribution in [-0.4, -0.2) is 58.6 Å². The molecule has 0 spiro atoms. The van der Waals surface area contributed by atoms with E-state index in [1.165, 1.54) is 0 Å². The van der Waals surface area contributed by atoms with Crippen LogP contribution in [0.4, 0.5) is 0 Å². The lowest BCUT2D eigenvalue weighted by Gasteiger charge is -2.36. The number of ether oxygens (including phenoxy) is 1. The van der Waals surface area contributed by atoms with Gasteiger partial charge in [-0.25, -0.2) is 0 Å². The van der Waals surface area contributed by atoms with Gasteiger partial charge >= 0.3 is 0 Å². The van der Waals surface area contributed by atoms with Gasteiger partial charge in [-0.05, 0) is 18.1 Å². The van der Waals surface area contributed by atoms with Gasteiger partial charge in [-0.2, -0.15) is 4.98 Å². The van der Waals surface area contributed by atoms with Crippen molar-refractivity contribution >= 4 is 5.91 Å². The topological polar surface area (TPSA) is 71.7 Å². The third-order valence-electron chi connectivity index (χ3n) is 4.85. The lowest BCUT2D eigenvalue weighted by Crippen LogP contribution is -2.51. The molecule has 1 aromatic heterocycles. The van der Waals surface area contributed by atoms with E-state index in [1.807, 2.05) is 29.2 Å². The fraction of sp³-hybridized carbons (Fsp3) is 0.500. The molecule has 0 unspecified atom stereocenters. The summed E-state index contributed by atoms with van der Waals surface area (Å²) in [6, 6.07) is 7.97. The first-order chi connectivity index (χ1) is 12.2. The molecule has 7 nitrogen and oxygen atoms in total. The average molecular weight is 342 g/mol. The highest BCUT2D eigenvalue weighted by Gasteiger charge is 2.31. The fourth-order valence-electron chi connectivity index (χ4n) is 3.48. The highest BCUT2D eigenvalue weighted by molar-refractivity contribution is 5.80. The molecule has 3 heterocycles. The Labute approximate surface area is 146 Å². The monoisotopic (exact) mass is 342 g/mol. The van der Waals surface area contributed by atoms with E-state index in [4.69, 9.17) is 9.26 Å². The quantitative estimate of drug-likeness (QED) is 0.837. The van der Waals surface area contributed by atoms with E-state index < -0.39 is 0 Å². The second-order valence-corrected chi connectivity index (χ2v) is 6.65. The summed E-state index contributed by atoms with van der Waals surface area (Å²) in [4.78, 5) is 21.3. The highest BCUT2D eigenvalue weighted by Crippen LogP contribution is 2.28.